The lowest BCUT2D eigenvalue weighted by atomic mass is 10.2. The second-order valence-electron chi connectivity index (χ2n) is 4.02. The average Bonchev–Trinajstić information content (AvgIpc) is 2.65. The lowest BCUT2D eigenvalue weighted by Crippen LogP contribution is -1.95. The van der Waals surface area contributed by atoms with Gasteiger partial charge in [-0.2, -0.15) is 0 Å². The minimum atomic E-state index is -0.300. The predicted octanol–water partition coefficient (Wildman–Crippen LogP) is 5.24. The number of nitrogens with zero attached hydrogens (tertiary/aromatic N) is 1. The molecule has 1 aromatic heterocycles. The molecule has 0 spiro atoms. The van der Waals surface area contributed by atoms with E-state index < -0.39 is 0 Å². The molecule has 0 aliphatic carbocycles. The van der Waals surface area contributed by atoms with Crippen LogP contribution in [0.4, 0.5) is 4.39 Å². The van der Waals surface area contributed by atoms with Crippen molar-refractivity contribution in [3.63, 3.8) is 0 Å². The molecule has 0 aliphatic rings. The Bertz CT molecular complexity index is 840. The minimum Gasteiger partial charge on any atom is -0.330 e. The normalized spacial score (nSPS) is 11.1. The maximum Gasteiger partial charge on any atom is 0.182 e. The fraction of sp³-hybridized carbons (Fsp3) is 0. The Morgan fingerprint density at radius 1 is 1.21 bits per heavy atom. The van der Waals surface area contributed by atoms with Crippen molar-refractivity contribution < 1.29 is 4.39 Å². The standard InChI is InChI=1S/C13H7BrClFN2S/c14-9-5-7(15)1-3-11(9)18-12-4-2-8(16)6-10(12)17-13(18)19/h1-6H,(H,17,19). The Morgan fingerprint density at radius 3 is 2.74 bits per heavy atom. The summed E-state index contributed by atoms with van der Waals surface area (Å²) < 4.78 is 16.4. The molecule has 0 atom stereocenters. The summed E-state index contributed by atoms with van der Waals surface area (Å²) in [4.78, 5) is 2.99. The van der Waals surface area contributed by atoms with Gasteiger partial charge in [-0.1, -0.05) is 11.6 Å². The van der Waals surface area contributed by atoms with Gasteiger partial charge in [0.15, 0.2) is 4.77 Å². The van der Waals surface area contributed by atoms with Gasteiger partial charge in [-0.25, -0.2) is 4.39 Å². The molecule has 0 saturated carbocycles. The first-order valence-corrected chi connectivity index (χ1v) is 7.00. The van der Waals surface area contributed by atoms with Crippen molar-refractivity contribution in [3.05, 3.63) is 56.5 Å². The third-order valence-corrected chi connectivity index (χ3v) is 3.95. The Morgan fingerprint density at radius 2 is 2.00 bits per heavy atom. The summed E-state index contributed by atoms with van der Waals surface area (Å²) >= 11 is 14.7. The molecule has 3 aromatic rings. The van der Waals surface area contributed by atoms with Crippen LogP contribution in [0.15, 0.2) is 40.9 Å². The van der Waals surface area contributed by atoms with Crippen molar-refractivity contribution in [2.45, 2.75) is 0 Å². The van der Waals surface area contributed by atoms with Crippen LogP contribution in [0.2, 0.25) is 5.02 Å². The van der Waals surface area contributed by atoms with Crippen molar-refractivity contribution in [3.8, 4) is 5.69 Å². The van der Waals surface area contributed by atoms with E-state index in [1.165, 1.54) is 12.1 Å². The molecule has 3 rings (SSSR count). The number of hydrogen-bond donors (Lipinski definition) is 1. The molecular weight excluding hydrogens is 351 g/mol. The van der Waals surface area contributed by atoms with Gasteiger partial charge in [-0.3, -0.25) is 4.57 Å². The summed E-state index contributed by atoms with van der Waals surface area (Å²) in [5, 5.41) is 0.632. The largest absolute Gasteiger partial charge is 0.330 e. The molecule has 2 nitrogen and oxygen atoms in total. The Hall–Kier alpha value is -1.17. The summed E-state index contributed by atoms with van der Waals surface area (Å²) in [6, 6.07) is 9.96. The number of fused-ring (bicyclic) bond motifs is 1. The maximum absolute atomic E-state index is 13.2. The van der Waals surface area contributed by atoms with Crippen LogP contribution in [0.5, 0.6) is 0 Å². The fourth-order valence-electron chi connectivity index (χ4n) is 1.99. The monoisotopic (exact) mass is 356 g/mol. The number of nitrogens with one attached hydrogen (secondary N) is 1. The number of imidazole rings is 1. The minimum absolute atomic E-state index is 0.300. The zero-order valence-electron chi connectivity index (χ0n) is 9.45. The molecule has 0 bridgehead atoms. The summed E-state index contributed by atoms with van der Waals surface area (Å²) in [7, 11) is 0. The smallest absolute Gasteiger partial charge is 0.182 e. The Kier molecular flexibility index (Phi) is 3.20. The molecule has 96 valence electrons. The lowest BCUT2D eigenvalue weighted by Gasteiger charge is -2.07. The molecule has 1 N–H and O–H groups in total. The number of aromatic amines is 1. The first-order chi connectivity index (χ1) is 9.06. The summed E-state index contributed by atoms with van der Waals surface area (Å²) in [6.07, 6.45) is 0. The molecule has 2 aromatic carbocycles. The summed E-state index contributed by atoms with van der Waals surface area (Å²) in [5.41, 5.74) is 2.33. The molecule has 0 radical (unpaired) electrons. The van der Waals surface area contributed by atoms with Crippen molar-refractivity contribution in [2.75, 3.05) is 0 Å². The van der Waals surface area contributed by atoms with Crippen LogP contribution in [0.3, 0.4) is 0 Å². The highest BCUT2D eigenvalue weighted by Gasteiger charge is 2.10. The van der Waals surface area contributed by atoms with Gasteiger partial charge in [0.2, 0.25) is 0 Å². The lowest BCUT2D eigenvalue weighted by molar-refractivity contribution is 0.629. The highest BCUT2D eigenvalue weighted by atomic mass is 79.9. The van der Waals surface area contributed by atoms with E-state index in [9.17, 15) is 4.39 Å². The van der Waals surface area contributed by atoms with Crippen molar-refractivity contribution in [1.29, 1.82) is 0 Å². The van der Waals surface area contributed by atoms with Crippen LogP contribution in [0, 0.1) is 10.6 Å². The number of H-pyrrole nitrogens is 1. The highest BCUT2D eigenvalue weighted by Crippen LogP contribution is 2.28. The SMILES string of the molecule is Fc1ccc2c(c1)[nH]c(=S)n2-c1ccc(Cl)cc1Br. The van der Waals surface area contributed by atoms with Gasteiger partial charge in [0.1, 0.15) is 5.82 Å². The van der Waals surface area contributed by atoms with Gasteiger partial charge >= 0.3 is 0 Å². The number of rotatable bonds is 1. The first kappa shape index (κ1) is 12.8. The molecule has 0 amide bonds. The zero-order chi connectivity index (χ0) is 13.6. The molecule has 0 fully saturated rings. The number of halogens is 3. The number of hydrogen-bond acceptors (Lipinski definition) is 1. The predicted molar refractivity (Wildman–Crippen MR) is 81.1 cm³/mol. The van der Waals surface area contributed by atoms with Gasteiger partial charge in [-0.05, 0) is 64.5 Å². The summed E-state index contributed by atoms with van der Waals surface area (Å²) in [6.45, 7) is 0. The van der Waals surface area contributed by atoms with E-state index >= 15 is 0 Å². The van der Waals surface area contributed by atoms with E-state index in [0.717, 1.165) is 15.7 Å². The van der Waals surface area contributed by atoms with Crippen LogP contribution < -0.4 is 0 Å². The van der Waals surface area contributed by atoms with E-state index in [4.69, 9.17) is 23.8 Å². The third kappa shape index (κ3) is 2.22. The van der Waals surface area contributed by atoms with Crippen molar-refractivity contribution >= 4 is 50.8 Å². The van der Waals surface area contributed by atoms with Crippen LogP contribution in [0.25, 0.3) is 16.7 Å². The highest BCUT2D eigenvalue weighted by molar-refractivity contribution is 9.10. The number of aromatic nitrogens is 2. The maximum atomic E-state index is 13.2. The zero-order valence-corrected chi connectivity index (χ0v) is 12.6. The van der Waals surface area contributed by atoms with E-state index in [2.05, 4.69) is 20.9 Å². The average molecular weight is 358 g/mol. The van der Waals surface area contributed by atoms with Gasteiger partial charge in [0, 0.05) is 9.50 Å². The van der Waals surface area contributed by atoms with Gasteiger partial charge in [0.05, 0.1) is 16.7 Å². The van der Waals surface area contributed by atoms with Crippen LogP contribution in [-0.4, -0.2) is 9.55 Å². The molecular formula is C13H7BrClFN2S. The Balaban J connectivity index is 2.36. The van der Waals surface area contributed by atoms with E-state index in [1.54, 1.807) is 18.2 Å². The van der Waals surface area contributed by atoms with E-state index in [0.29, 0.717) is 15.3 Å². The van der Waals surface area contributed by atoms with Crippen molar-refractivity contribution in [2.24, 2.45) is 0 Å². The van der Waals surface area contributed by atoms with Gasteiger partial charge < -0.3 is 4.98 Å². The second-order valence-corrected chi connectivity index (χ2v) is 5.70. The molecule has 0 saturated heterocycles. The quantitative estimate of drug-likeness (QED) is 0.590. The number of benzene rings is 2. The van der Waals surface area contributed by atoms with Crippen LogP contribution >= 0.6 is 39.7 Å². The van der Waals surface area contributed by atoms with E-state index in [-0.39, 0.29) is 5.82 Å². The van der Waals surface area contributed by atoms with Gasteiger partial charge in [-0.15, -0.1) is 0 Å². The molecule has 6 heteroatoms. The van der Waals surface area contributed by atoms with Gasteiger partial charge in [0.25, 0.3) is 0 Å². The second kappa shape index (κ2) is 4.74. The fourth-order valence-corrected chi connectivity index (χ4v) is 3.15. The third-order valence-electron chi connectivity index (χ3n) is 2.79. The molecule has 0 aliphatic heterocycles. The van der Waals surface area contributed by atoms with Crippen LogP contribution in [-0.2, 0) is 0 Å². The van der Waals surface area contributed by atoms with E-state index in [1.807, 2.05) is 10.6 Å². The van der Waals surface area contributed by atoms with Crippen molar-refractivity contribution in [1.82, 2.24) is 9.55 Å². The molecule has 1 heterocycles. The summed E-state index contributed by atoms with van der Waals surface area (Å²) in [5.74, 6) is -0.300. The topological polar surface area (TPSA) is 20.7 Å². The molecule has 19 heavy (non-hydrogen) atoms. The Labute approximate surface area is 127 Å². The molecule has 0 unspecified atom stereocenters. The van der Waals surface area contributed by atoms with Crippen LogP contribution in [0.1, 0.15) is 0 Å². The first-order valence-electron chi connectivity index (χ1n) is 5.42.